The van der Waals surface area contributed by atoms with Gasteiger partial charge in [-0.05, 0) is 48.1 Å². The number of carbonyl (C=O) groups excluding carboxylic acids is 2. The van der Waals surface area contributed by atoms with Crippen molar-refractivity contribution in [2.24, 2.45) is 10.9 Å². The number of carbonyl (C=O) groups is 2. The van der Waals surface area contributed by atoms with Gasteiger partial charge >= 0.3 is 0 Å². The largest absolute Gasteiger partial charge is 0.325 e. The Morgan fingerprint density at radius 3 is 2.40 bits per heavy atom. The minimum atomic E-state index is -0.499. The van der Waals surface area contributed by atoms with Gasteiger partial charge in [0, 0.05) is 28.9 Å². The van der Waals surface area contributed by atoms with Crippen molar-refractivity contribution in [3.05, 3.63) is 101 Å². The molecule has 0 saturated carbocycles. The van der Waals surface area contributed by atoms with Crippen molar-refractivity contribution < 1.29 is 9.59 Å². The fraction of sp³-hybridized carbons (Fsp3) is 0.258. The average Bonchev–Trinajstić information content (AvgIpc) is 2.87. The van der Waals surface area contributed by atoms with E-state index in [2.05, 4.69) is 48.1 Å². The average molecular weight is 463 g/mol. The fourth-order valence-electron chi connectivity index (χ4n) is 4.35. The predicted octanol–water partition coefficient (Wildman–Crippen LogP) is 5.86. The number of Topliss-reactive ketones (excluding diaryl/α,β-unsaturated/α-hetero) is 1. The number of amides is 1. The van der Waals surface area contributed by atoms with Gasteiger partial charge in [0.05, 0.1) is 0 Å². The molecule has 1 N–H and O–H groups in total. The van der Waals surface area contributed by atoms with Crippen LogP contribution >= 0.6 is 0 Å². The molecule has 35 heavy (non-hydrogen) atoms. The van der Waals surface area contributed by atoms with E-state index in [1.165, 1.54) is 5.56 Å². The van der Waals surface area contributed by atoms with Crippen LogP contribution in [0.25, 0.3) is 0 Å². The maximum atomic E-state index is 13.5. The Morgan fingerprint density at radius 1 is 1.00 bits per heavy atom. The number of hydrogen-bond donors (Lipinski definition) is 1. The number of benzene rings is 3. The highest BCUT2D eigenvalue weighted by atomic mass is 16.2. The van der Waals surface area contributed by atoms with Gasteiger partial charge in [-0.15, -0.1) is 0 Å². The SMILES string of the molecule is CC1=NCC(=O)c2ccc(NC(=O)C(C#CCc3ccccc3)CC(C)(C)c3ccccc3)cc21. The van der Waals surface area contributed by atoms with Crippen LogP contribution < -0.4 is 5.32 Å². The van der Waals surface area contributed by atoms with E-state index >= 15 is 0 Å². The summed E-state index contributed by atoms with van der Waals surface area (Å²) in [5, 5.41) is 3.04. The summed E-state index contributed by atoms with van der Waals surface area (Å²) in [4.78, 5) is 29.9. The van der Waals surface area contributed by atoms with Crippen molar-refractivity contribution in [2.75, 3.05) is 11.9 Å². The number of rotatable bonds is 6. The molecule has 0 spiro atoms. The summed E-state index contributed by atoms with van der Waals surface area (Å²) < 4.78 is 0. The van der Waals surface area contributed by atoms with Crippen LogP contribution in [-0.2, 0) is 16.6 Å². The molecule has 1 heterocycles. The van der Waals surface area contributed by atoms with Gasteiger partial charge < -0.3 is 5.32 Å². The van der Waals surface area contributed by atoms with Crippen LogP contribution in [0, 0.1) is 17.8 Å². The quantitative estimate of drug-likeness (QED) is 0.467. The van der Waals surface area contributed by atoms with Gasteiger partial charge in [0.25, 0.3) is 0 Å². The molecule has 4 heteroatoms. The van der Waals surface area contributed by atoms with Crippen LogP contribution in [0.3, 0.4) is 0 Å². The minimum Gasteiger partial charge on any atom is -0.325 e. The first-order valence-corrected chi connectivity index (χ1v) is 11.9. The third-order valence-corrected chi connectivity index (χ3v) is 6.43. The van der Waals surface area contributed by atoms with E-state index in [-0.39, 0.29) is 23.7 Å². The fourth-order valence-corrected chi connectivity index (χ4v) is 4.35. The Kier molecular flexibility index (Phi) is 7.27. The van der Waals surface area contributed by atoms with Crippen molar-refractivity contribution in [1.82, 2.24) is 0 Å². The first kappa shape index (κ1) is 24.2. The number of fused-ring (bicyclic) bond motifs is 1. The normalized spacial score (nSPS) is 13.7. The number of hydrogen-bond acceptors (Lipinski definition) is 3. The second-order valence-electron chi connectivity index (χ2n) is 9.56. The summed E-state index contributed by atoms with van der Waals surface area (Å²) in [6, 6.07) is 25.6. The van der Waals surface area contributed by atoms with Crippen molar-refractivity contribution >= 4 is 23.1 Å². The minimum absolute atomic E-state index is 0.00209. The number of ketones is 1. The second-order valence-corrected chi connectivity index (χ2v) is 9.56. The summed E-state index contributed by atoms with van der Waals surface area (Å²) in [6.45, 7) is 6.35. The molecule has 4 rings (SSSR count). The zero-order chi connectivity index (χ0) is 24.8. The van der Waals surface area contributed by atoms with E-state index in [9.17, 15) is 9.59 Å². The van der Waals surface area contributed by atoms with Crippen LogP contribution in [0.1, 0.15) is 54.2 Å². The standard InChI is InChI=1S/C31H30N2O2/c1-22-28-19-26(17-18-27(28)29(34)21-32-22)33-30(35)24(14-10-13-23-11-6-4-7-12-23)20-31(2,3)25-15-8-5-9-16-25/h4-9,11-12,15-19,24H,13,20-21H2,1-3H3,(H,33,35). The first-order chi connectivity index (χ1) is 16.8. The highest BCUT2D eigenvalue weighted by Gasteiger charge is 2.29. The zero-order valence-electron chi connectivity index (χ0n) is 20.5. The Labute approximate surface area is 207 Å². The summed E-state index contributed by atoms with van der Waals surface area (Å²) >= 11 is 0. The van der Waals surface area contributed by atoms with Gasteiger partial charge in [0.1, 0.15) is 12.5 Å². The van der Waals surface area contributed by atoms with Crippen molar-refractivity contribution in [3.63, 3.8) is 0 Å². The molecule has 4 nitrogen and oxygen atoms in total. The Morgan fingerprint density at radius 2 is 1.69 bits per heavy atom. The molecule has 176 valence electrons. The molecule has 0 fully saturated rings. The lowest BCUT2D eigenvalue weighted by atomic mass is 9.77. The lowest BCUT2D eigenvalue weighted by Gasteiger charge is -2.28. The summed E-state index contributed by atoms with van der Waals surface area (Å²) in [7, 11) is 0. The molecule has 0 radical (unpaired) electrons. The lowest BCUT2D eigenvalue weighted by Crippen LogP contribution is -2.29. The third-order valence-electron chi connectivity index (χ3n) is 6.43. The molecular weight excluding hydrogens is 432 g/mol. The lowest BCUT2D eigenvalue weighted by molar-refractivity contribution is -0.118. The van der Waals surface area contributed by atoms with Gasteiger partial charge in [-0.25, -0.2) is 0 Å². The molecule has 1 aliphatic heterocycles. The predicted molar refractivity (Wildman–Crippen MR) is 142 cm³/mol. The van der Waals surface area contributed by atoms with Crippen LogP contribution in [0.4, 0.5) is 5.69 Å². The second kappa shape index (κ2) is 10.5. The van der Waals surface area contributed by atoms with Crippen molar-refractivity contribution in [1.29, 1.82) is 0 Å². The van der Waals surface area contributed by atoms with Crippen LogP contribution in [0.2, 0.25) is 0 Å². The molecule has 0 aromatic heterocycles. The smallest absolute Gasteiger partial charge is 0.239 e. The van der Waals surface area contributed by atoms with Gasteiger partial charge in [-0.1, -0.05) is 86.4 Å². The molecule has 1 amide bonds. The molecule has 0 bridgehead atoms. The summed E-state index contributed by atoms with van der Waals surface area (Å²) in [5.41, 5.74) is 4.93. The summed E-state index contributed by atoms with van der Waals surface area (Å²) in [5.74, 6) is 5.84. The maximum absolute atomic E-state index is 13.5. The molecule has 0 saturated heterocycles. The van der Waals surface area contributed by atoms with Crippen LogP contribution in [-0.4, -0.2) is 23.9 Å². The Bertz CT molecular complexity index is 1310. The van der Waals surface area contributed by atoms with Gasteiger partial charge in [-0.3, -0.25) is 14.6 Å². The van der Waals surface area contributed by atoms with E-state index in [4.69, 9.17) is 0 Å². The Hall–Kier alpha value is -3.97. The maximum Gasteiger partial charge on any atom is 0.239 e. The number of anilines is 1. The van der Waals surface area contributed by atoms with E-state index in [1.807, 2.05) is 61.5 Å². The molecule has 3 aromatic rings. The number of nitrogens with one attached hydrogen (secondary N) is 1. The molecule has 1 aliphatic rings. The van der Waals surface area contributed by atoms with E-state index in [0.29, 0.717) is 24.1 Å². The monoisotopic (exact) mass is 462 g/mol. The number of nitrogens with zero attached hydrogens (tertiary/aromatic N) is 1. The molecule has 1 unspecified atom stereocenters. The van der Waals surface area contributed by atoms with E-state index < -0.39 is 5.92 Å². The van der Waals surface area contributed by atoms with Crippen LogP contribution in [0.5, 0.6) is 0 Å². The Balaban J connectivity index is 1.58. The third kappa shape index (κ3) is 5.94. The molecule has 0 aliphatic carbocycles. The zero-order valence-corrected chi connectivity index (χ0v) is 20.5. The van der Waals surface area contributed by atoms with Crippen LogP contribution in [0.15, 0.2) is 83.9 Å². The molecule has 3 aromatic carbocycles. The molecule has 1 atom stereocenters. The first-order valence-electron chi connectivity index (χ1n) is 11.9. The van der Waals surface area contributed by atoms with Gasteiger partial charge in [0.15, 0.2) is 5.78 Å². The molecular formula is C31H30N2O2. The highest BCUT2D eigenvalue weighted by Crippen LogP contribution is 2.31. The van der Waals surface area contributed by atoms with E-state index in [0.717, 1.165) is 16.8 Å². The van der Waals surface area contributed by atoms with Gasteiger partial charge in [-0.2, -0.15) is 0 Å². The number of aliphatic imine (C=N–C) groups is 1. The van der Waals surface area contributed by atoms with E-state index in [1.54, 1.807) is 12.1 Å². The van der Waals surface area contributed by atoms with Crippen molar-refractivity contribution in [3.8, 4) is 11.8 Å². The van der Waals surface area contributed by atoms with Crippen molar-refractivity contribution in [2.45, 2.75) is 39.0 Å². The highest BCUT2D eigenvalue weighted by molar-refractivity contribution is 6.15. The summed E-state index contributed by atoms with van der Waals surface area (Å²) in [6.07, 6.45) is 1.17. The topological polar surface area (TPSA) is 58.5 Å². The van der Waals surface area contributed by atoms with Gasteiger partial charge in [0.2, 0.25) is 5.91 Å².